The van der Waals surface area contributed by atoms with Crippen LogP contribution in [0, 0.1) is 6.92 Å². The van der Waals surface area contributed by atoms with Crippen molar-refractivity contribution in [3.63, 3.8) is 0 Å². The van der Waals surface area contributed by atoms with E-state index in [1.807, 2.05) is 37.3 Å². The molecule has 2 aromatic rings. The number of aryl methyl sites for hydroxylation is 1. The molecule has 6 heteroatoms. The number of nitrogens with zero attached hydrogens (tertiary/aromatic N) is 3. The highest BCUT2D eigenvalue weighted by Crippen LogP contribution is 2.23. The average Bonchev–Trinajstić information content (AvgIpc) is 2.84. The van der Waals surface area contributed by atoms with Gasteiger partial charge in [0.25, 0.3) is 0 Å². The Morgan fingerprint density at radius 2 is 2.13 bits per heavy atom. The van der Waals surface area contributed by atoms with E-state index in [2.05, 4.69) is 22.4 Å². The van der Waals surface area contributed by atoms with E-state index in [1.165, 1.54) is 0 Å². The number of ether oxygens (including phenoxy) is 1. The molecule has 1 unspecified atom stereocenters. The summed E-state index contributed by atoms with van der Waals surface area (Å²) in [6, 6.07) is 9.95. The number of benzene rings is 1. The van der Waals surface area contributed by atoms with E-state index in [0.29, 0.717) is 11.7 Å². The van der Waals surface area contributed by atoms with Gasteiger partial charge in [-0.1, -0.05) is 29.8 Å². The summed E-state index contributed by atoms with van der Waals surface area (Å²) < 4.78 is 7.55. The molecule has 23 heavy (non-hydrogen) atoms. The first-order valence-electron chi connectivity index (χ1n) is 7.95. The fourth-order valence-electron chi connectivity index (χ4n) is 2.82. The maximum Gasteiger partial charge on any atom is 0.137 e. The summed E-state index contributed by atoms with van der Waals surface area (Å²) in [6.07, 6.45) is 0.233. The predicted octanol–water partition coefficient (Wildman–Crippen LogP) is 2.25. The molecule has 1 N–H and O–H groups in total. The first-order chi connectivity index (χ1) is 11.1. The summed E-state index contributed by atoms with van der Waals surface area (Å²) in [5, 5.41) is 8.68. The van der Waals surface area contributed by atoms with Gasteiger partial charge < -0.3 is 15.0 Å². The van der Waals surface area contributed by atoms with E-state index in [9.17, 15) is 0 Å². The minimum Gasteiger partial charge on any atom is -0.374 e. The van der Waals surface area contributed by atoms with Crippen molar-refractivity contribution < 1.29 is 4.74 Å². The molecule has 1 aromatic heterocycles. The van der Waals surface area contributed by atoms with Crippen molar-refractivity contribution in [2.24, 2.45) is 0 Å². The highest BCUT2D eigenvalue weighted by Gasteiger charge is 2.18. The summed E-state index contributed by atoms with van der Waals surface area (Å²) in [6.45, 7) is 6.27. The maximum atomic E-state index is 6.53. The number of aromatic nitrogens is 2. The Morgan fingerprint density at radius 1 is 1.35 bits per heavy atom. The van der Waals surface area contributed by atoms with Crippen LogP contribution < -0.4 is 5.32 Å². The molecule has 0 spiro atoms. The molecule has 0 bridgehead atoms. The highest BCUT2D eigenvalue weighted by molar-refractivity contribution is 6.30. The molecule has 0 radical (unpaired) electrons. The lowest BCUT2D eigenvalue weighted by Gasteiger charge is -2.30. The van der Waals surface area contributed by atoms with E-state index in [-0.39, 0.29) is 6.10 Å². The van der Waals surface area contributed by atoms with Crippen LogP contribution in [0.5, 0.6) is 0 Å². The van der Waals surface area contributed by atoms with Gasteiger partial charge in [-0.15, -0.1) is 0 Å². The number of likely N-dealkylation sites (N-methyl/N-ethyl adjacent to an activating group) is 1. The minimum atomic E-state index is 0.233. The quantitative estimate of drug-likeness (QED) is 0.910. The van der Waals surface area contributed by atoms with Gasteiger partial charge in [0, 0.05) is 31.7 Å². The van der Waals surface area contributed by atoms with Gasteiger partial charge in [0.15, 0.2) is 0 Å². The Morgan fingerprint density at radius 3 is 2.87 bits per heavy atom. The van der Waals surface area contributed by atoms with Crippen molar-refractivity contribution in [2.45, 2.75) is 19.6 Å². The second-order valence-corrected chi connectivity index (χ2v) is 6.35. The van der Waals surface area contributed by atoms with Crippen molar-refractivity contribution in [3.05, 3.63) is 46.7 Å². The average molecular weight is 335 g/mol. The first-order valence-corrected chi connectivity index (χ1v) is 8.33. The van der Waals surface area contributed by atoms with Gasteiger partial charge >= 0.3 is 0 Å². The Kier molecular flexibility index (Phi) is 5.33. The fourth-order valence-corrected chi connectivity index (χ4v) is 3.16. The lowest BCUT2D eigenvalue weighted by Crippen LogP contribution is -2.44. The minimum absolute atomic E-state index is 0.233. The molecule has 1 aliphatic heterocycles. The van der Waals surface area contributed by atoms with Crippen molar-refractivity contribution >= 4 is 11.6 Å². The Labute approximate surface area is 142 Å². The summed E-state index contributed by atoms with van der Waals surface area (Å²) in [5.74, 6) is 0. The van der Waals surface area contributed by atoms with Crippen LogP contribution in [0.3, 0.4) is 0 Å². The summed E-state index contributed by atoms with van der Waals surface area (Å²) in [7, 11) is 2.13. The summed E-state index contributed by atoms with van der Waals surface area (Å²) in [5.41, 5.74) is 2.97. The van der Waals surface area contributed by atoms with Gasteiger partial charge in [0.1, 0.15) is 5.15 Å². The molecule has 1 aromatic carbocycles. The Balaban J connectivity index is 1.63. The van der Waals surface area contributed by atoms with E-state index < -0.39 is 0 Å². The van der Waals surface area contributed by atoms with Crippen LogP contribution >= 0.6 is 11.6 Å². The third-order valence-corrected chi connectivity index (χ3v) is 4.53. The smallest absolute Gasteiger partial charge is 0.137 e. The second-order valence-electron chi connectivity index (χ2n) is 5.99. The zero-order valence-electron chi connectivity index (χ0n) is 13.6. The van der Waals surface area contributed by atoms with Crippen LogP contribution in [0.1, 0.15) is 11.3 Å². The number of hydrogen-bond donors (Lipinski definition) is 1. The molecule has 1 saturated heterocycles. The molecule has 0 saturated carbocycles. The summed E-state index contributed by atoms with van der Waals surface area (Å²) in [4.78, 5) is 2.29. The molecule has 1 aliphatic rings. The number of halogens is 1. The zero-order chi connectivity index (χ0) is 16.2. The predicted molar refractivity (Wildman–Crippen MR) is 92.3 cm³/mol. The van der Waals surface area contributed by atoms with Gasteiger partial charge in [-0.3, -0.25) is 0 Å². The third-order valence-electron chi connectivity index (χ3n) is 4.14. The third kappa shape index (κ3) is 3.93. The molecule has 1 atom stereocenters. The van der Waals surface area contributed by atoms with Gasteiger partial charge in [-0.05, 0) is 26.1 Å². The van der Waals surface area contributed by atoms with Gasteiger partial charge in [0.2, 0.25) is 0 Å². The second kappa shape index (κ2) is 7.45. The van der Waals surface area contributed by atoms with Crippen molar-refractivity contribution in [1.29, 1.82) is 0 Å². The van der Waals surface area contributed by atoms with E-state index in [4.69, 9.17) is 16.3 Å². The first kappa shape index (κ1) is 16.5. The molecule has 3 rings (SSSR count). The van der Waals surface area contributed by atoms with E-state index >= 15 is 0 Å². The molecule has 0 aliphatic carbocycles. The van der Waals surface area contributed by atoms with Crippen LogP contribution in [0.4, 0.5) is 0 Å². The van der Waals surface area contributed by atoms with Crippen molar-refractivity contribution in [1.82, 2.24) is 20.0 Å². The number of morpholine rings is 1. The maximum absolute atomic E-state index is 6.53. The standard InChI is InChI=1S/C17H23ClN4O/c1-13-16(11-19-10-15-12-21(2)8-9-23-15)17(18)22(20-13)14-6-4-3-5-7-14/h3-7,15,19H,8-12H2,1-2H3. The fraction of sp³-hybridized carbons (Fsp3) is 0.471. The molecular weight excluding hydrogens is 312 g/mol. The van der Waals surface area contributed by atoms with Crippen LogP contribution in [-0.4, -0.2) is 54.1 Å². The van der Waals surface area contributed by atoms with Crippen molar-refractivity contribution in [3.8, 4) is 5.69 Å². The summed E-state index contributed by atoms with van der Waals surface area (Å²) >= 11 is 6.53. The molecule has 5 nitrogen and oxygen atoms in total. The normalized spacial score (nSPS) is 19.2. The molecule has 0 amide bonds. The number of rotatable bonds is 5. The zero-order valence-corrected chi connectivity index (χ0v) is 14.4. The number of nitrogens with one attached hydrogen (secondary N) is 1. The molecule has 124 valence electrons. The molecule has 2 heterocycles. The number of hydrogen-bond acceptors (Lipinski definition) is 4. The Hall–Kier alpha value is -1.40. The number of para-hydroxylation sites is 1. The topological polar surface area (TPSA) is 42.3 Å². The Bertz CT molecular complexity index is 644. The largest absolute Gasteiger partial charge is 0.374 e. The highest BCUT2D eigenvalue weighted by atomic mass is 35.5. The lowest BCUT2D eigenvalue weighted by molar-refractivity contribution is -0.0182. The van der Waals surface area contributed by atoms with Crippen LogP contribution in [0.2, 0.25) is 5.15 Å². The lowest BCUT2D eigenvalue weighted by atomic mass is 10.2. The van der Waals surface area contributed by atoms with Crippen LogP contribution in [0.15, 0.2) is 30.3 Å². The van der Waals surface area contributed by atoms with Crippen LogP contribution in [0.25, 0.3) is 5.69 Å². The van der Waals surface area contributed by atoms with Gasteiger partial charge in [-0.2, -0.15) is 5.10 Å². The molecular formula is C17H23ClN4O. The van der Waals surface area contributed by atoms with E-state index in [1.54, 1.807) is 4.68 Å². The van der Waals surface area contributed by atoms with Crippen LogP contribution in [-0.2, 0) is 11.3 Å². The van der Waals surface area contributed by atoms with Crippen molar-refractivity contribution in [2.75, 3.05) is 33.3 Å². The van der Waals surface area contributed by atoms with Gasteiger partial charge in [-0.25, -0.2) is 4.68 Å². The molecule has 1 fully saturated rings. The van der Waals surface area contributed by atoms with Gasteiger partial charge in [0.05, 0.1) is 24.1 Å². The monoisotopic (exact) mass is 334 g/mol. The van der Waals surface area contributed by atoms with E-state index in [0.717, 1.165) is 43.2 Å². The SMILES string of the molecule is Cc1nn(-c2ccccc2)c(Cl)c1CNCC1CN(C)CCO1.